The van der Waals surface area contributed by atoms with Gasteiger partial charge in [0.25, 0.3) is 0 Å². The second-order valence-electron chi connectivity index (χ2n) is 2.43. The van der Waals surface area contributed by atoms with E-state index in [-0.39, 0.29) is 5.56 Å². The molecule has 0 spiro atoms. The van der Waals surface area contributed by atoms with Crippen LogP contribution in [0.3, 0.4) is 0 Å². The van der Waals surface area contributed by atoms with Crippen LogP contribution in [0.5, 0.6) is 0 Å². The molecule has 62 valence electrons. The van der Waals surface area contributed by atoms with Crippen molar-refractivity contribution in [2.24, 2.45) is 0 Å². The van der Waals surface area contributed by atoms with Crippen LogP contribution in [0.15, 0.2) is 18.2 Å². The van der Waals surface area contributed by atoms with Gasteiger partial charge in [0.05, 0.1) is 0 Å². The fourth-order valence-electron chi connectivity index (χ4n) is 1.16. The van der Waals surface area contributed by atoms with Crippen LogP contribution >= 0.6 is 11.6 Å². The number of hydrogen-bond donors (Lipinski definition) is 0. The van der Waals surface area contributed by atoms with Gasteiger partial charge in [-0.15, -0.1) is 0 Å². The molecule has 0 saturated heterocycles. The largest absolute Gasteiger partial charge is 0.438 e. The average molecular weight is 187 g/mol. The second kappa shape index (κ2) is 2.45. The van der Waals surface area contributed by atoms with Crippen LogP contribution in [-0.4, -0.2) is 5.97 Å². The molecule has 0 bridgehead atoms. The van der Waals surface area contributed by atoms with Crippen LogP contribution in [0, 0.1) is 5.82 Å². The lowest BCUT2D eigenvalue weighted by atomic mass is 10.1. The van der Waals surface area contributed by atoms with E-state index in [1.165, 1.54) is 12.1 Å². The highest BCUT2D eigenvalue weighted by Gasteiger charge is 2.31. The Morgan fingerprint density at radius 2 is 2.25 bits per heavy atom. The van der Waals surface area contributed by atoms with E-state index in [1.807, 2.05) is 0 Å². The van der Waals surface area contributed by atoms with Crippen LogP contribution in [0.1, 0.15) is 21.5 Å². The average Bonchev–Trinajstić information content (AvgIpc) is 2.29. The van der Waals surface area contributed by atoms with Crippen molar-refractivity contribution in [3.05, 3.63) is 35.1 Å². The number of benzene rings is 1. The molecule has 0 N–H and O–H groups in total. The smallest absolute Gasteiger partial charge is 0.343 e. The van der Waals surface area contributed by atoms with Crippen molar-refractivity contribution in [2.75, 3.05) is 0 Å². The van der Waals surface area contributed by atoms with Crippen molar-refractivity contribution in [3.63, 3.8) is 0 Å². The first-order valence-corrected chi connectivity index (χ1v) is 3.77. The minimum Gasteiger partial charge on any atom is -0.438 e. The highest BCUT2D eigenvalue weighted by Crippen LogP contribution is 2.34. The summed E-state index contributed by atoms with van der Waals surface area (Å²) >= 11 is 5.60. The summed E-state index contributed by atoms with van der Waals surface area (Å²) in [6.07, 6.45) is 0. The van der Waals surface area contributed by atoms with Crippen LogP contribution < -0.4 is 0 Å². The summed E-state index contributed by atoms with van der Waals surface area (Å²) in [4.78, 5) is 11.0. The van der Waals surface area contributed by atoms with E-state index in [4.69, 9.17) is 11.6 Å². The molecule has 1 aliphatic rings. The SMILES string of the molecule is O=C1OC(Cl)c2cccc(F)c21. The molecule has 0 saturated carbocycles. The Hall–Kier alpha value is -1.09. The predicted octanol–water partition coefficient (Wildman–Crippen LogP) is 2.23. The van der Waals surface area contributed by atoms with Crippen molar-refractivity contribution in [3.8, 4) is 0 Å². The number of hydrogen-bond acceptors (Lipinski definition) is 2. The van der Waals surface area contributed by atoms with Gasteiger partial charge in [-0.3, -0.25) is 0 Å². The molecule has 0 radical (unpaired) electrons. The Morgan fingerprint density at radius 1 is 1.50 bits per heavy atom. The minimum atomic E-state index is -0.844. The molecule has 0 fully saturated rings. The molecular weight excluding hydrogens is 183 g/mol. The van der Waals surface area contributed by atoms with Crippen molar-refractivity contribution in [1.82, 2.24) is 0 Å². The first kappa shape index (κ1) is 7.55. The number of carbonyl (C=O) groups is 1. The van der Waals surface area contributed by atoms with Gasteiger partial charge in [-0.1, -0.05) is 23.7 Å². The molecule has 2 rings (SSSR count). The number of fused-ring (bicyclic) bond motifs is 1. The number of cyclic esters (lactones) is 1. The number of rotatable bonds is 0. The van der Waals surface area contributed by atoms with E-state index < -0.39 is 17.3 Å². The Morgan fingerprint density at radius 3 is 2.92 bits per heavy atom. The van der Waals surface area contributed by atoms with E-state index in [9.17, 15) is 9.18 Å². The molecule has 1 aromatic rings. The highest BCUT2D eigenvalue weighted by atomic mass is 35.5. The standard InChI is InChI=1S/C8H4ClFO2/c9-7-4-2-1-3-5(10)6(4)8(11)12-7/h1-3,7H. The van der Waals surface area contributed by atoms with E-state index >= 15 is 0 Å². The first-order valence-electron chi connectivity index (χ1n) is 3.33. The van der Waals surface area contributed by atoms with E-state index in [2.05, 4.69) is 4.74 Å². The van der Waals surface area contributed by atoms with Crippen molar-refractivity contribution in [2.45, 2.75) is 5.56 Å². The van der Waals surface area contributed by atoms with Gasteiger partial charge in [0.1, 0.15) is 11.4 Å². The lowest BCUT2D eigenvalue weighted by molar-refractivity contribution is 0.0510. The molecule has 1 aromatic carbocycles. The molecule has 1 heterocycles. The van der Waals surface area contributed by atoms with Crippen LogP contribution in [0.4, 0.5) is 4.39 Å². The number of ether oxygens (including phenoxy) is 1. The zero-order chi connectivity index (χ0) is 8.72. The summed E-state index contributed by atoms with van der Waals surface area (Å²) in [6, 6.07) is 4.27. The predicted molar refractivity (Wildman–Crippen MR) is 40.4 cm³/mol. The van der Waals surface area contributed by atoms with E-state index in [1.54, 1.807) is 6.07 Å². The van der Waals surface area contributed by atoms with Gasteiger partial charge in [-0.05, 0) is 6.07 Å². The summed E-state index contributed by atoms with van der Waals surface area (Å²) in [5, 5.41) is 0. The molecule has 0 aromatic heterocycles. The molecule has 12 heavy (non-hydrogen) atoms. The van der Waals surface area contributed by atoms with Gasteiger partial charge < -0.3 is 4.74 Å². The first-order chi connectivity index (χ1) is 5.70. The lowest BCUT2D eigenvalue weighted by Crippen LogP contribution is -1.97. The fourth-order valence-corrected chi connectivity index (χ4v) is 1.42. The zero-order valence-electron chi connectivity index (χ0n) is 5.88. The molecule has 1 atom stereocenters. The van der Waals surface area contributed by atoms with Crippen molar-refractivity contribution in [1.29, 1.82) is 0 Å². The number of halogens is 2. The molecule has 1 aliphatic heterocycles. The summed E-state index contributed by atoms with van der Waals surface area (Å²) in [6.45, 7) is 0. The van der Waals surface area contributed by atoms with Gasteiger partial charge >= 0.3 is 5.97 Å². The third-order valence-corrected chi connectivity index (χ3v) is 2.03. The summed E-state index contributed by atoms with van der Waals surface area (Å²) < 4.78 is 17.6. The Kier molecular flexibility index (Phi) is 1.54. The van der Waals surface area contributed by atoms with Gasteiger partial charge in [0.15, 0.2) is 0 Å². The van der Waals surface area contributed by atoms with Gasteiger partial charge in [0.2, 0.25) is 5.56 Å². The maximum absolute atomic E-state index is 13.0. The maximum atomic E-state index is 13.0. The summed E-state index contributed by atoms with van der Waals surface area (Å²) in [5.41, 5.74) is -0.484. The van der Waals surface area contributed by atoms with Gasteiger partial charge in [0, 0.05) is 5.56 Å². The van der Waals surface area contributed by atoms with Gasteiger partial charge in [-0.2, -0.15) is 0 Å². The summed E-state index contributed by atoms with van der Waals surface area (Å²) in [5.74, 6) is -1.27. The summed E-state index contributed by atoms with van der Waals surface area (Å²) in [7, 11) is 0. The Balaban J connectivity index is 2.67. The Bertz CT molecular complexity index is 351. The monoisotopic (exact) mass is 186 g/mol. The van der Waals surface area contributed by atoms with E-state index in [0.29, 0.717) is 5.56 Å². The quantitative estimate of drug-likeness (QED) is 0.459. The Labute approximate surface area is 72.9 Å². The van der Waals surface area contributed by atoms with Crippen LogP contribution in [-0.2, 0) is 4.74 Å². The van der Waals surface area contributed by atoms with E-state index in [0.717, 1.165) is 0 Å². The number of alkyl halides is 1. The maximum Gasteiger partial charge on any atom is 0.343 e. The topological polar surface area (TPSA) is 26.3 Å². The minimum absolute atomic E-state index is 0.0440. The van der Waals surface area contributed by atoms with Crippen LogP contribution in [0.25, 0.3) is 0 Å². The van der Waals surface area contributed by atoms with Crippen LogP contribution in [0.2, 0.25) is 0 Å². The molecule has 2 nitrogen and oxygen atoms in total. The van der Waals surface area contributed by atoms with Gasteiger partial charge in [-0.25, -0.2) is 9.18 Å². The third-order valence-electron chi connectivity index (χ3n) is 1.70. The number of carbonyl (C=O) groups excluding carboxylic acids is 1. The zero-order valence-corrected chi connectivity index (χ0v) is 6.64. The molecule has 0 aliphatic carbocycles. The highest BCUT2D eigenvalue weighted by molar-refractivity contribution is 6.22. The normalized spacial score (nSPS) is 20.5. The van der Waals surface area contributed by atoms with Crippen molar-refractivity contribution >= 4 is 17.6 Å². The molecule has 0 amide bonds. The molecular formula is C8H4ClFO2. The fraction of sp³-hybridized carbons (Fsp3) is 0.125. The molecule has 4 heteroatoms. The second-order valence-corrected chi connectivity index (χ2v) is 2.82. The van der Waals surface area contributed by atoms with Crippen molar-refractivity contribution < 1.29 is 13.9 Å². The third kappa shape index (κ3) is 0.898. The number of esters is 1. The molecule has 1 unspecified atom stereocenters. The lowest BCUT2D eigenvalue weighted by Gasteiger charge is -1.97.